The van der Waals surface area contributed by atoms with Gasteiger partial charge in [-0.3, -0.25) is 9.89 Å². The number of aromatic nitrogens is 2. The van der Waals surface area contributed by atoms with Crippen molar-refractivity contribution in [2.45, 2.75) is 6.54 Å². The Morgan fingerprint density at radius 2 is 1.91 bits per heavy atom. The molecule has 2 N–H and O–H groups in total. The number of anilines is 1. The molecular weight excluding hydrogens is 414 g/mol. The first-order chi connectivity index (χ1) is 15.6. The van der Waals surface area contributed by atoms with Crippen LogP contribution in [0.3, 0.4) is 0 Å². The van der Waals surface area contributed by atoms with Crippen LogP contribution in [-0.2, 0) is 11.3 Å². The number of ether oxygens (including phenoxy) is 3. The molecule has 2 aromatic carbocycles. The van der Waals surface area contributed by atoms with E-state index >= 15 is 0 Å². The Bertz CT molecular complexity index is 1140. The van der Waals surface area contributed by atoms with E-state index in [1.807, 2.05) is 6.07 Å². The quantitative estimate of drug-likeness (QED) is 0.589. The average molecular weight is 435 g/mol. The summed E-state index contributed by atoms with van der Waals surface area (Å²) in [6, 6.07) is 14.1. The summed E-state index contributed by atoms with van der Waals surface area (Å²) in [6.07, 6.45) is 0.970. The van der Waals surface area contributed by atoms with Crippen molar-refractivity contribution >= 4 is 23.4 Å². The standard InChI is InChI=1S/C22H21N5O5/c1-30-19-8-5-15(11-20(19)31-2)18-13-32-22(29)27(26-18)12-14-3-6-16(7-4-14)24-21(28)17-9-10-23-25-17/h3-11H,12-13H2,1-2H3,(H,23,25)(H,24,28). The normalized spacial score (nSPS) is 13.2. The number of benzene rings is 2. The molecule has 32 heavy (non-hydrogen) atoms. The third-order valence-corrected chi connectivity index (χ3v) is 4.79. The molecule has 1 aliphatic heterocycles. The van der Waals surface area contributed by atoms with Crippen LogP contribution in [0.15, 0.2) is 59.8 Å². The molecule has 0 fully saturated rings. The van der Waals surface area contributed by atoms with Crippen molar-refractivity contribution in [2.24, 2.45) is 5.10 Å². The molecule has 10 nitrogen and oxygen atoms in total. The first-order valence-corrected chi connectivity index (χ1v) is 9.71. The number of methoxy groups -OCH3 is 2. The first-order valence-electron chi connectivity index (χ1n) is 9.71. The lowest BCUT2D eigenvalue weighted by atomic mass is 10.1. The highest BCUT2D eigenvalue weighted by atomic mass is 16.6. The van der Waals surface area contributed by atoms with Gasteiger partial charge in [0.05, 0.1) is 20.8 Å². The lowest BCUT2D eigenvalue weighted by molar-refractivity contribution is 0.102. The van der Waals surface area contributed by atoms with Crippen LogP contribution in [-0.4, -0.2) is 53.7 Å². The molecule has 10 heteroatoms. The van der Waals surface area contributed by atoms with Gasteiger partial charge in [-0.25, -0.2) is 4.79 Å². The molecule has 3 aromatic rings. The minimum atomic E-state index is -0.536. The van der Waals surface area contributed by atoms with Gasteiger partial charge in [0, 0.05) is 17.4 Å². The number of hydrazone groups is 1. The summed E-state index contributed by atoms with van der Waals surface area (Å²) in [5, 5.41) is 14.9. The van der Waals surface area contributed by atoms with Gasteiger partial charge in [0.25, 0.3) is 5.91 Å². The van der Waals surface area contributed by atoms with Crippen LogP contribution in [0.2, 0.25) is 0 Å². The SMILES string of the molecule is COc1ccc(C2=NN(Cc3ccc(NC(=O)c4ccn[nH]4)cc3)C(=O)OC2)cc1OC. The molecule has 2 heterocycles. The molecule has 0 unspecified atom stereocenters. The zero-order valence-corrected chi connectivity index (χ0v) is 17.5. The molecule has 1 aromatic heterocycles. The van der Waals surface area contributed by atoms with Crippen LogP contribution >= 0.6 is 0 Å². The molecule has 0 aliphatic carbocycles. The minimum absolute atomic E-state index is 0.0589. The predicted molar refractivity (Wildman–Crippen MR) is 116 cm³/mol. The Balaban J connectivity index is 1.47. The van der Waals surface area contributed by atoms with Gasteiger partial charge in [0.15, 0.2) is 11.5 Å². The van der Waals surface area contributed by atoms with E-state index in [0.29, 0.717) is 28.6 Å². The van der Waals surface area contributed by atoms with E-state index in [4.69, 9.17) is 14.2 Å². The number of amides is 2. The maximum absolute atomic E-state index is 12.2. The van der Waals surface area contributed by atoms with Crippen molar-refractivity contribution in [1.82, 2.24) is 15.2 Å². The Morgan fingerprint density at radius 3 is 2.59 bits per heavy atom. The molecule has 0 atom stereocenters. The molecule has 4 rings (SSSR count). The number of rotatable bonds is 7. The molecule has 0 saturated heterocycles. The highest BCUT2D eigenvalue weighted by Gasteiger charge is 2.23. The van der Waals surface area contributed by atoms with E-state index in [0.717, 1.165) is 11.1 Å². The van der Waals surface area contributed by atoms with Crippen molar-refractivity contribution in [3.63, 3.8) is 0 Å². The number of hydrogen-bond donors (Lipinski definition) is 2. The number of carbonyl (C=O) groups excluding carboxylic acids is 2. The maximum Gasteiger partial charge on any atom is 0.431 e. The van der Waals surface area contributed by atoms with Gasteiger partial charge in [-0.1, -0.05) is 12.1 Å². The second kappa shape index (κ2) is 9.21. The number of hydrogen-bond acceptors (Lipinski definition) is 7. The topological polar surface area (TPSA) is 118 Å². The number of carbonyl (C=O) groups is 2. The van der Waals surface area contributed by atoms with E-state index in [1.54, 1.807) is 56.7 Å². The minimum Gasteiger partial charge on any atom is -0.493 e. The zero-order valence-electron chi connectivity index (χ0n) is 17.5. The van der Waals surface area contributed by atoms with E-state index < -0.39 is 6.09 Å². The fourth-order valence-electron chi connectivity index (χ4n) is 3.12. The van der Waals surface area contributed by atoms with Gasteiger partial charge in [0.2, 0.25) is 0 Å². The second-order valence-electron chi connectivity index (χ2n) is 6.85. The lowest BCUT2D eigenvalue weighted by Crippen LogP contribution is -2.35. The smallest absolute Gasteiger partial charge is 0.431 e. The molecule has 164 valence electrons. The highest BCUT2D eigenvalue weighted by molar-refractivity contribution is 6.04. The molecule has 2 amide bonds. The number of nitrogens with zero attached hydrogens (tertiary/aromatic N) is 3. The number of H-pyrrole nitrogens is 1. The Kier molecular flexibility index (Phi) is 6.02. The maximum atomic E-state index is 12.2. The van der Waals surface area contributed by atoms with Crippen LogP contribution in [0.25, 0.3) is 0 Å². The van der Waals surface area contributed by atoms with Crippen LogP contribution in [0.1, 0.15) is 21.6 Å². The van der Waals surface area contributed by atoms with Crippen LogP contribution in [0.4, 0.5) is 10.5 Å². The molecule has 0 saturated carbocycles. The van der Waals surface area contributed by atoms with Crippen LogP contribution in [0, 0.1) is 0 Å². The number of cyclic esters (lactones) is 1. The Labute approximate surface area is 183 Å². The summed E-state index contributed by atoms with van der Waals surface area (Å²) in [5.41, 5.74) is 3.15. The third kappa shape index (κ3) is 4.53. The molecular formula is C22H21N5O5. The molecule has 0 spiro atoms. The number of nitrogens with one attached hydrogen (secondary N) is 2. The molecule has 0 radical (unpaired) electrons. The van der Waals surface area contributed by atoms with Crippen molar-refractivity contribution in [3.8, 4) is 11.5 Å². The molecule has 0 bridgehead atoms. The van der Waals surface area contributed by atoms with Gasteiger partial charge in [0.1, 0.15) is 18.0 Å². The Hall–Kier alpha value is -4.34. The lowest BCUT2D eigenvalue weighted by Gasteiger charge is -2.24. The summed E-state index contributed by atoms with van der Waals surface area (Å²) in [4.78, 5) is 24.3. The van der Waals surface area contributed by atoms with Gasteiger partial charge in [-0.2, -0.15) is 15.2 Å². The first kappa shape index (κ1) is 20.9. The summed E-state index contributed by atoms with van der Waals surface area (Å²) < 4.78 is 15.9. The highest BCUT2D eigenvalue weighted by Crippen LogP contribution is 2.28. The summed E-state index contributed by atoms with van der Waals surface area (Å²) in [6.45, 7) is 0.272. The zero-order chi connectivity index (χ0) is 22.5. The van der Waals surface area contributed by atoms with E-state index in [9.17, 15) is 9.59 Å². The number of aromatic amines is 1. The van der Waals surface area contributed by atoms with Gasteiger partial charge >= 0.3 is 6.09 Å². The van der Waals surface area contributed by atoms with E-state index in [-0.39, 0.29) is 19.1 Å². The fraction of sp³-hybridized carbons (Fsp3) is 0.182. The Morgan fingerprint density at radius 1 is 1.12 bits per heavy atom. The van der Waals surface area contributed by atoms with Crippen LogP contribution < -0.4 is 14.8 Å². The van der Waals surface area contributed by atoms with Crippen molar-refractivity contribution in [1.29, 1.82) is 0 Å². The van der Waals surface area contributed by atoms with Crippen LogP contribution in [0.5, 0.6) is 11.5 Å². The van der Waals surface area contributed by atoms with E-state index in [1.165, 1.54) is 11.2 Å². The summed E-state index contributed by atoms with van der Waals surface area (Å²) >= 11 is 0. The van der Waals surface area contributed by atoms with Crippen molar-refractivity contribution in [3.05, 3.63) is 71.5 Å². The van der Waals surface area contributed by atoms with Gasteiger partial charge < -0.3 is 19.5 Å². The average Bonchev–Trinajstić information content (AvgIpc) is 3.36. The summed E-state index contributed by atoms with van der Waals surface area (Å²) in [5.74, 6) is 0.865. The van der Waals surface area contributed by atoms with Gasteiger partial charge in [-0.05, 0) is 42.0 Å². The largest absolute Gasteiger partial charge is 0.493 e. The third-order valence-electron chi connectivity index (χ3n) is 4.79. The molecule has 1 aliphatic rings. The van der Waals surface area contributed by atoms with Crippen molar-refractivity contribution < 1.29 is 23.8 Å². The monoisotopic (exact) mass is 435 g/mol. The van der Waals surface area contributed by atoms with Crippen molar-refractivity contribution in [2.75, 3.05) is 26.1 Å². The van der Waals surface area contributed by atoms with Gasteiger partial charge in [-0.15, -0.1) is 0 Å². The summed E-state index contributed by atoms with van der Waals surface area (Å²) in [7, 11) is 3.12. The fourth-order valence-corrected chi connectivity index (χ4v) is 3.12. The predicted octanol–water partition coefficient (Wildman–Crippen LogP) is 3.04. The second-order valence-corrected chi connectivity index (χ2v) is 6.85. The van der Waals surface area contributed by atoms with E-state index in [2.05, 4.69) is 20.6 Å².